The highest BCUT2D eigenvalue weighted by atomic mass is 16.2. The van der Waals surface area contributed by atoms with Gasteiger partial charge >= 0.3 is 0 Å². The zero-order chi connectivity index (χ0) is 15.5. The predicted molar refractivity (Wildman–Crippen MR) is 85.0 cm³/mol. The lowest BCUT2D eigenvalue weighted by molar-refractivity contribution is -0.124. The Labute approximate surface area is 126 Å². The van der Waals surface area contributed by atoms with Crippen molar-refractivity contribution in [1.82, 2.24) is 10.6 Å². The zero-order valence-corrected chi connectivity index (χ0v) is 12.9. The average Bonchev–Trinajstić information content (AvgIpc) is 2.50. The van der Waals surface area contributed by atoms with Crippen molar-refractivity contribution in [1.29, 1.82) is 0 Å². The maximum absolute atomic E-state index is 11.9. The molecule has 0 atom stereocenters. The molecule has 3 N–H and O–H groups in total. The van der Waals surface area contributed by atoms with E-state index in [1.165, 1.54) is 0 Å². The molecule has 0 aromatic heterocycles. The molecule has 0 aliphatic carbocycles. The fourth-order valence-corrected chi connectivity index (χ4v) is 1.85. The molecule has 1 aromatic carbocycles. The Hall–Kier alpha value is -1.88. The monoisotopic (exact) mass is 291 g/mol. The van der Waals surface area contributed by atoms with Crippen molar-refractivity contribution in [3.05, 3.63) is 29.8 Å². The van der Waals surface area contributed by atoms with E-state index in [0.29, 0.717) is 13.1 Å². The fourth-order valence-electron chi connectivity index (χ4n) is 1.85. The molecule has 0 fully saturated rings. The first-order chi connectivity index (χ1) is 10.2. The molecule has 2 amide bonds. The molecule has 0 heterocycles. The molecule has 1 aromatic rings. The Morgan fingerprint density at radius 2 is 1.76 bits per heavy atom. The van der Waals surface area contributed by atoms with Gasteiger partial charge in [-0.1, -0.05) is 32.0 Å². The summed E-state index contributed by atoms with van der Waals surface area (Å²) >= 11 is 0. The molecule has 0 aliphatic rings. The smallest absolute Gasteiger partial charge is 0.224 e. The average molecular weight is 291 g/mol. The number of carbonyl (C=O) groups is 2. The number of hydrogen-bond acceptors (Lipinski definition) is 3. The third kappa shape index (κ3) is 6.90. The second-order valence-corrected chi connectivity index (χ2v) is 4.84. The van der Waals surface area contributed by atoms with Crippen LogP contribution in [-0.4, -0.2) is 24.9 Å². The molecule has 5 nitrogen and oxygen atoms in total. The number of amides is 2. The summed E-state index contributed by atoms with van der Waals surface area (Å²) in [4.78, 5) is 23.4. The number of para-hydroxylation sites is 1. The quantitative estimate of drug-likeness (QED) is 0.652. The van der Waals surface area contributed by atoms with Crippen LogP contribution in [0.4, 0.5) is 5.69 Å². The van der Waals surface area contributed by atoms with Gasteiger partial charge in [-0.2, -0.15) is 0 Å². The number of benzene rings is 1. The van der Waals surface area contributed by atoms with E-state index in [-0.39, 0.29) is 24.7 Å². The molecule has 0 saturated carbocycles. The van der Waals surface area contributed by atoms with Gasteiger partial charge in [0, 0.05) is 31.6 Å². The van der Waals surface area contributed by atoms with Crippen molar-refractivity contribution in [3.63, 3.8) is 0 Å². The van der Waals surface area contributed by atoms with Gasteiger partial charge in [0.15, 0.2) is 0 Å². The summed E-state index contributed by atoms with van der Waals surface area (Å²) < 4.78 is 0. The summed E-state index contributed by atoms with van der Waals surface area (Å²) in [5, 5.41) is 8.87. The number of anilines is 1. The van der Waals surface area contributed by atoms with E-state index in [0.717, 1.165) is 24.2 Å². The third-order valence-corrected chi connectivity index (χ3v) is 3.01. The number of nitrogens with one attached hydrogen (secondary N) is 3. The highest BCUT2D eigenvalue weighted by Gasteiger charge is 2.08. The Morgan fingerprint density at radius 3 is 2.48 bits per heavy atom. The third-order valence-electron chi connectivity index (χ3n) is 3.01. The molecule has 116 valence electrons. The second kappa shape index (κ2) is 9.94. The first-order valence-corrected chi connectivity index (χ1v) is 7.52. The Balaban J connectivity index is 2.45. The molecular weight excluding hydrogens is 266 g/mol. The molecule has 0 spiro atoms. The highest BCUT2D eigenvalue weighted by molar-refractivity contribution is 5.93. The largest absolute Gasteiger partial charge is 0.356 e. The molecule has 0 saturated heterocycles. The van der Waals surface area contributed by atoms with Gasteiger partial charge in [-0.05, 0) is 24.6 Å². The van der Waals surface area contributed by atoms with E-state index >= 15 is 0 Å². The van der Waals surface area contributed by atoms with Gasteiger partial charge in [0.2, 0.25) is 11.8 Å². The highest BCUT2D eigenvalue weighted by Crippen LogP contribution is 2.15. The molecule has 5 heteroatoms. The van der Waals surface area contributed by atoms with Crippen LogP contribution in [0, 0.1) is 0 Å². The van der Waals surface area contributed by atoms with Gasteiger partial charge in [0.25, 0.3) is 0 Å². The van der Waals surface area contributed by atoms with Crippen LogP contribution in [0.5, 0.6) is 0 Å². The summed E-state index contributed by atoms with van der Waals surface area (Å²) in [6.07, 6.45) is 1.32. The lowest BCUT2D eigenvalue weighted by Gasteiger charge is -2.11. The molecular formula is C16H25N3O2. The first-order valence-electron chi connectivity index (χ1n) is 7.52. The Morgan fingerprint density at radius 1 is 1.05 bits per heavy atom. The van der Waals surface area contributed by atoms with Crippen LogP contribution < -0.4 is 16.0 Å². The summed E-state index contributed by atoms with van der Waals surface area (Å²) in [6.45, 7) is 6.28. The van der Waals surface area contributed by atoms with E-state index in [1.54, 1.807) is 0 Å². The van der Waals surface area contributed by atoms with Crippen LogP contribution >= 0.6 is 0 Å². The Kier molecular flexibility index (Phi) is 8.12. The van der Waals surface area contributed by atoms with E-state index in [9.17, 15) is 9.59 Å². The van der Waals surface area contributed by atoms with Crippen molar-refractivity contribution in [2.45, 2.75) is 39.7 Å². The molecule has 0 radical (unpaired) electrons. The van der Waals surface area contributed by atoms with Crippen LogP contribution in [-0.2, 0) is 16.1 Å². The predicted octanol–water partition coefficient (Wildman–Crippen LogP) is 2.04. The van der Waals surface area contributed by atoms with Crippen molar-refractivity contribution in [2.75, 3.05) is 18.4 Å². The molecule has 0 aliphatic heterocycles. The lowest BCUT2D eigenvalue weighted by Crippen LogP contribution is -2.25. The first kappa shape index (κ1) is 17.2. The SMILES string of the molecule is CCCNC(=O)CCC(=O)Nc1ccccc1CNCC. The number of hydrogen-bond donors (Lipinski definition) is 3. The topological polar surface area (TPSA) is 70.2 Å². The van der Waals surface area contributed by atoms with Gasteiger partial charge < -0.3 is 16.0 Å². The molecule has 0 bridgehead atoms. The minimum atomic E-state index is -0.134. The van der Waals surface area contributed by atoms with Crippen molar-refractivity contribution < 1.29 is 9.59 Å². The van der Waals surface area contributed by atoms with Crippen LogP contribution in [0.1, 0.15) is 38.7 Å². The standard InChI is InChI=1S/C16H25N3O2/c1-3-11-18-15(20)9-10-16(21)19-14-8-6-5-7-13(14)12-17-4-2/h5-8,17H,3-4,9-12H2,1-2H3,(H,18,20)(H,19,21). The maximum Gasteiger partial charge on any atom is 0.224 e. The lowest BCUT2D eigenvalue weighted by atomic mass is 10.1. The van der Waals surface area contributed by atoms with E-state index in [4.69, 9.17) is 0 Å². The van der Waals surface area contributed by atoms with Crippen molar-refractivity contribution in [2.24, 2.45) is 0 Å². The summed E-state index contributed by atoms with van der Waals surface area (Å²) in [5.41, 5.74) is 1.85. The van der Waals surface area contributed by atoms with Gasteiger partial charge in [-0.3, -0.25) is 9.59 Å². The summed E-state index contributed by atoms with van der Waals surface area (Å²) in [7, 11) is 0. The summed E-state index contributed by atoms with van der Waals surface area (Å²) in [5.74, 6) is -0.210. The van der Waals surface area contributed by atoms with Crippen molar-refractivity contribution >= 4 is 17.5 Å². The van der Waals surface area contributed by atoms with E-state index in [1.807, 2.05) is 38.1 Å². The van der Waals surface area contributed by atoms with E-state index in [2.05, 4.69) is 16.0 Å². The summed E-state index contributed by atoms with van der Waals surface area (Å²) in [6, 6.07) is 7.69. The second-order valence-electron chi connectivity index (χ2n) is 4.84. The number of carbonyl (C=O) groups excluding carboxylic acids is 2. The maximum atomic E-state index is 11.9. The van der Waals surface area contributed by atoms with Gasteiger partial charge in [-0.15, -0.1) is 0 Å². The molecule has 1 rings (SSSR count). The van der Waals surface area contributed by atoms with Crippen LogP contribution in [0.25, 0.3) is 0 Å². The van der Waals surface area contributed by atoms with Crippen LogP contribution in [0.2, 0.25) is 0 Å². The van der Waals surface area contributed by atoms with Gasteiger partial charge in [0.05, 0.1) is 0 Å². The van der Waals surface area contributed by atoms with Crippen molar-refractivity contribution in [3.8, 4) is 0 Å². The molecule has 21 heavy (non-hydrogen) atoms. The normalized spacial score (nSPS) is 10.2. The van der Waals surface area contributed by atoms with Crippen LogP contribution in [0.15, 0.2) is 24.3 Å². The van der Waals surface area contributed by atoms with Gasteiger partial charge in [0.1, 0.15) is 0 Å². The zero-order valence-electron chi connectivity index (χ0n) is 12.9. The van der Waals surface area contributed by atoms with Crippen LogP contribution in [0.3, 0.4) is 0 Å². The number of rotatable bonds is 9. The minimum Gasteiger partial charge on any atom is -0.356 e. The fraction of sp³-hybridized carbons (Fsp3) is 0.500. The minimum absolute atomic E-state index is 0.0760. The van der Waals surface area contributed by atoms with Gasteiger partial charge in [-0.25, -0.2) is 0 Å². The Bertz CT molecular complexity index is 461. The van der Waals surface area contributed by atoms with E-state index < -0.39 is 0 Å². The molecule has 0 unspecified atom stereocenters.